The van der Waals surface area contributed by atoms with Crippen molar-refractivity contribution < 1.29 is 28.6 Å². The van der Waals surface area contributed by atoms with Crippen molar-refractivity contribution >= 4 is 11.6 Å². The van der Waals surface area contributed by atoms with Crippen LogP contribution in [0.15, 0.2) is 53.9 Å². The van der Waals surface area contributed by atoms with E-state index in [0.717, 1.165) is 6.33 Å². The fourth-order valence-corrected chi connectivity index (χ4v) is 2.58. The Morgan fingerprint density at radius 1 is 1.06 bits per heavy atom. The molecular weight excluding hydrogens is 407 g/mol. The number of aromatic hydroxyl groups is 1. The molecule has 0 aliphatic carbocycles. The molecule has 0 aliphatic rings. The molecule has 160 valence electrons. The zero-order valence-corrected chi connectivity index (χ0v) is 16.9. The smallest absolute Gasteiger partial charge is 0.273 e. The van der Waals surface area contributed by atoms with Crippen molar-refractivity contribution in [2.75, 3.05) is 14.2 Å². The molecule has 2 aromatic carbocycles. The third-order valence-electron chi connectivity index (χ3n) is 4.11. The highest BCUT2D eigenvalue weighted by molar-refractivity contribution is 6.45. The lowest BCUT2D eigenvalue weighted by Gasteiger charge is -2.13. The zero-order chi connectivity index (χ0) is 22.4. The van der Waals surface area contributed by atoms with E-state index in [1.54, 1.807) is 37.3 Å². The number of hydrogen-bond acceptors (Lipinski definition) is 8. The summed E-state index contributed by atoms with van der Waals surface area (Å²) in [6, 6.07) is 11.1. The molecule has 3 aromatic rings. The number of carbonyl (C=O) groups is 1. The van der Waals surface area contributed by atoms with Crippen LogP contribution in [-0.2, 0) is 9.63 Å². The van der Waals surface area contributed by atoms with Gasteiger partial charge in [0.25, 0.3) is 17.7 Å². The van der Waals surface area contributed by atoms with Crippen molar-refractivity contribution in [1.82, 2.24) is 15.3 Å². The largest absolute Gasteiger partial charge is 0.504 e. The predicted molar refractivity (Wildman–Crippen MR) is 109 cm³/mol. The number of benzene rings is 2. The summed E-state index contributed by atoms with van der Waals surface area (Å²) >= 11 is 0. The molecule has 0 fully saturated rings. The van der Waals surface area contributed by atoms with Gasteiger partial charge in [0.05, 0.1) is 5.56 Å². The highest BCUT2D eigenvalue weighted by atomic mass is 19.1. The molecule has 31 heavy (non-hydrogen) atoms. The lowest BCUT2D eigenvalue weighted by molar-refractivity contribution is -0.114. The summed E-state index contributed by atoms with van der Waals surface area (Å²) in [6.07, 6.45) is 1.05. The maximum absolute atomic E-state index is 15.0. The Kier molecular flexibility index (Phi) is 6.61. The minimum Gasteiger partial charge on any atom is -0.504 e. The van der Waals surface area contributed by atoms with Crippen LogP contribution in [-0.4, -0.2) is 40.9 Å². The molecule has 0 radical (unpaired) electrons. The van der Waals surface area contributed by atoms with Gasteiger partial charge in [0.2, 0.25) is 5.82 Å². The molecule has 0 unspecified atom stereocenters. The highest BCUT2D eigenvalue weighted by Crippen LogP contribution is 2.35. The number of phenols is 1. The first-order valence-corrected chi connectivity index (χ1v) is 9.03. The van der Waals surface area contributed by atoms with Crippen molar-refractivity contribution in [2.45, 2.75) is 6.92 Å². The van der Waals surface area contributed by atoms with Gasteiger partial charge in [0.1, 0.15) is 19.2 Å². The summed E-state index contributed by atoms with van der Waals surface area (Å²) in [5, 5.41) is 16.3. The second-order valence-corrected chi connectivity index (χ2v) is 6.12. The number of likely N-dealkylation sites (N-methyl/N-ethyl adjacent to an activating group) is 1. The summed E-state index contributed by atoms with van der Waals surface area (Å²) in [7, 11) is 2.73. The maximum atomic E-state index is 15.0. The van der Waals surface area contributed by atoms with E-state index in [9.17, 15) is 14.3 Å². The van der Waals surface area contributed by atoms with E-state index in [1.807, 2.05) is 0 Å². The number of carbonyl (C=O) groups excluding carboxylic acids is 1. The molecule has 3 rings (SSSR count). The Balaban J connectivity index is 1.96. The highest BCUT2D eigenvalue weighted by Gasteiger charge is 2.22. The fourth-order valence-electron chi connectivity index (χ4n) is 2.58. The van der Waals surface area contributed by atoms with Crippen LogP contribution in [0.5, 0.6) is 29.0 Å². The van der Waals surface area contributed by atoms with Crippen LogP contribution in [0.3, 0.4) is 0 Å². The Labute approximate surface area is 177 Å². The minimum atomic E-state index is -0.997. The molecule has 1 amide bonds. The van der Waals surface area contributed by atoms with Crippen LogP contribution in [0, 0.1) is 12.7 Å². The van der Waals surface area contributed by atoms with Gasteiger partial charge >= 0.3 is 0 Å². The van der Waals surface area contributed by atoms with Crippen LogP contribution in [0.2, 0.25) is 0 Å². The standard InChI is InChI=1S/C21H19FN4O5/c1-12-7-6-10-15(18(12)27)31-21-16(22)20(24-11-25-21)30-14-9-5-4-8-13(14)17(26-29-3)19(28)23-2/h4-11,27H,1-3H3,(H,23,28)/b26-17+. The molecular formula is C21H19FN4O5. The summed E-state index contributed by atoms with van der Waals surface area (Å²) in [5.41, 5.74) is 0.730. The average molecular weight is 426 g/mol. The number of nitrogens with one attached hydrogen (secondary N) is 1. The normalized spacial score (nSPS) is 11.0. The number of aryl methyl sites for hydroxylation is 1. The molecule has 0 atom stereocenters. The predicted octanol–water partition coefficient (Wildman–Crippen LogP) is 3.31. The van der Waals surface area contributed by atoms with Gasteiger partial charge in [-0.2, -0.15) is 14.4 Å². The van der Waals surface area contributed by atoms with Gasteiger partial charge in [-0.25, -0.2) is 0 Å². The first-order chi connectivity index (χ1) is 15.0. The summed E-state index contributed by atoms with van der Waals surface area (Å²) in [5.74, 6) is -2.43. The third-order valence-corrected chi connectivity index (χ3v) is 4.11. The number of rotatable bonds is 7. The fraction of sp³-hybridized carbons (Fsp3) is 0.143. The zero-order valence-electron chi connectivity index (χ0n) is 16.9. The van der Waals surface area contributed by atoms with Gasteiger partial charge in [0.15, 0.2) is 17.2 Å². The Morgan fingerprint density at radius 2 is 1.71 bits per heavy atom. The number of para-hydroxylation sites is 2. The topological polar surface area (TPSA) is 115 Å². The van der Waals surface area contributed by atoms with Gasteiger partial charge in [-0.15, -0.1) is 0 Å². The van der Waals surface area contributed by atoms with Gasteiger partial charge in [0, 0.05) is 7.05 Å². The van der Waals surface area contributed by atoms with E-state index in [-0.39, 0.29) is 28.5 Å². The molecule has 0 saturated carbocycles. The number of amides is 1. The van der Waals surface area contributed by atoms with Gasteiger partial charge in [-0.1, -0.05) is 29.4 Å². The first kappa shape index (κ1) is 21.5. The van der Waals surface area contributed by atoms with Crippen LogP contribution in [0.4, 0.5) is 4.39 Å². The molecule has 1 heterocycles. The Bertz CT molecular complexity index is 1140. The second kappa shape index (κ2) is 9.53. The molecule has 2 N–H and O–H groups in total. The van der Waals surface area contributed by atoms with E-state index in [2.05, 4.69) is 20.4 Å². The average Bonchev–Trinajstić information content (AvgIpc) is 2.78. The number of nitrogens with zero attached hydrogens (tertiary/aromatic N) is 3. The van der Waals surface area contributed by atoms with Crippen molar-refractivity contribution in [1.29, 1.82) is 0 Å². The van der Waals surface area contributed by atoms with Crippen molar-refractivity contribution in [3.05, 3.63) is 65.7 Å². The Morgan fingerprint density at radius 3 is 2.39 bits per heavy atom. The lowest BCUT2D eigenvalue weighted by Crippen LogP contribution is -2.28. The summed E-state index contributed by atoms with van der Waals surface area (Å²) < 4.78 is 26.0. The van der Waals surface area contributed by atoms with Gasteiger partial charge < -0.3 is 24.7 Å². The van der Waals surface area contributed by atoms with E-state index >= 15 is 0 Å². The number of hydrogen-bond donors (Lipinski definition) is 2. The van der Waals surface area contributed by atoms with Crippen LogP contribution < -0.4 is 14.8 Å². The van der Waals surface area contributed by atoms with E-state index in [0.29, 0.717) is 5.56 Å². The monoisotopic (exact) mass is 426 g/mol. The van der Waals surface area contributed by atoms with Gasteiger partial charge in [-0.3, -0.25) is 4.79 Å². The number of ether oxygens (including phenoxy) is 2. The molecule has 10 heteroatoms. The third kappa shape index (κ3) is 4.69. The molecule has 9 nitrogen and oxygen atoms in total. The summed E-state index contributed by atoms with van der Waals surface area (Å²) in [6.45, 7) is 1.68. The SMILES string of the molecule is CNC(=O)/C(=N/OC)c1ccccc1Oc1ncnc(Oc2cccc(C)c2O)c1F. The van der Waals surface area contributed by atoms with Crippen molar-refractivity contribution in [2.24, 2.45) is 5.16 Å². The second-order valence-electron chi connectivity index (χ2n) is 6.12. The van der Waals surface area contributed by atoms with Crippen LogP contribution in [0.25, 0.3) is 0 Å². The van der Waals surface area contributed by atoms with E-state index in [1.165, 1.54) is 26.3 Å². The van der Waals surface area contributed by atoms with Crippen LogP contribution >= 0.6 is 0 Å². The molecule has 1 aromatic heterocycles. The van der Waals surface area contributed by atoms with E-state index < -0.39 is 23.5 Å². The van der Waals surface area contributed by atoms with Crippen LogP contribution in [0.1, 0.15) is 11.1 Å². The number of halogens is 1. The van der Waals surface area contributed by atoms with E-state index in [4.69, 9.17) is 14.3 Å². The van der Waals surface area contributed by atoms with Gasteiger partial charge in [-0.05, 0) is 30.7 Å². The maximum Gasteiger partial charge on any atom is 0.273 e. The lowest BCUT2D eigenvalue weighted by atomic mass is 10.1. The first-order valence-electron chi connectivity index (χ1n) is 9.03. The number of aromatic nitrogens is 2. The Hall–Kier alpha value is -4.21. The molecule has 0 spiro atoms. The minimum absolute atomic E-state index is 0.0260. The molecule has 0 bridgehead atoms. The number of oxime groups is 1. The summed E-state index contributed by atoms with van der Waals surface area (Å²) in [4.78, 5) is 24.5. The van der Waals surface area contributed by atoms with Crippen molar-refractivity contribution in [3.63, 3.8) is 0 Å². The molecule has 0 aliphatic heterocycles. The molecule has 0 saturated heterocycles. The number of phenolic OH excluding ortho intramolecular Hbond substituents is 1. The van der Waals surface area contributed by atoms with Crippen molar-refractivity contribution in [3.8, 4) is 29.0 Å². The quantitative estimate of drug-likeness (QED) is 0.440.